The number of carbonyl (C=O) groups excluding carboxylic acids is 2. The molecule has 0 aromatic heterocycles. The molecule has 3 fully saturated rings. The number of sulfonamides is 1. The Labute approximate surface area is 214 Å². The summed E-state index contributed by atoms with van der Waals surface area (Å²) in [6.07, 6.45) is 5.81. The molecule has 1 saturated carbocycles. The quantitative estimate of drug-likeness (QED) is 0.550. The minimum Gasteiger partial charge on any atom is -0.452 e. The summed E-state index contributed by atoms with van der Waals surface area (Å²) in [4.78, 5) is 27.9. The average Bonchev–Trinajstić information content (AvgIpc) is 2.90. The van der Waals surface area contributed by atoms with Gasteiger partial charge in [-0.2, -0.15) is 4.31 Å². The molecule has 0 bridgehead atoms. The fourth-order valence-electron chi connectivity index (χ4n) is 5.42. The molecule has 4 rings (SSSR count). The largest absolute Gasteiger partial charge is 0.452 e. The first kappa shape index (κ1) is 26.9. The number of carbonyl (C=O) groups is 2. The van der Waals surface area contributed by atoms with Gasteiger partial charge in [0, 0.05) is 32.2 Å². The molecule has 2 saturated heterocycles. The third-order valence-electron chi connectivity index (χ3n) is 7.88. The smallest absolute Gasteiger partial charge is 0.340 e. The number of nitrogens with zero attached hydrogens (tertiary/aromatic N) is 2. The van der Waals surface area contributed by atoms with Crippen molar-refractivity contribution in [3.05, 3.63) is 23.8 Å². The third-order valence-corrected chi connectivity index (χ3v) is 9.77. The van der Waals surface area contributed by atoms with Crippen molar-refractivity contribution >= 4 is 27.6 Å². The number of piperidine rings is 1. The van der Waals surface area contributed by atoms with Crippen molar-refractivity contribution in [3.63, 3.8) is 0 Å². The van der Waals surface area contributed by atoms with E-state index in [0.717, 1.165) is 38.5 Å². The van der Waals surface area contributed by atoms with Crippen molar-refractivity contribution in [2.75, 3.05) is 50.9 Å². The summed E-state index contributed by atoms with van der Waals surface area (Å²) >= 11 is 0. The number of morpholine rings is 1. The summed E-state index contributed by atoms with van der Waals surface area (Å²) < 4.78 is 38.9. The standard InChI is InChI=1S/C26H39N3O6S/c1-19-7-6-8-23(20(19)2)27-25(30)18-35-26(31)22-17-21(36(32,33)29-11-4-3-5-12-29)9-10-24(22)28-13-15-34-16-14-28/h9-10,17,19-20,23H,3-8,11-16,18H2,1-2H3,(H,27,30)/t19-,20+,23+/m0/s1. The van der Waals surface area contributed by atoms with Gasteiger partial charge in [0.1, 0.15) is 0 Å². The van der Waals surface area contributed by atoms with Gasteiger partial charge in [0.25, 0.3) is 5.91 Å². The number of rotatable bonds is 7. The van der Waals surface area contributed by atoms with E-state index < -0.39 is 22.6 Å². The SMILES string of the molecule is C[C@@H]1[C@@H](C)CCC[C@H]1NC(=O)COC(=O)c1cc(S(=O)(=O)N2CCCCC2)ccc1N1CCOCC1. The first-order chi connectivity index (χ1) is 17.3. The Morgan fingerprint density at radius 3 is 2.47 bits per heavy atom. The molecule has 1 aliphatic carbocycles. The maximum atomic E-state index is 13.3. The van der Waals surface area contributed by atoms with Crippen molar-refractivity contribution in [2.24, 2.45) is 11.8 Å². The van der Waals surface area contributed by atoms with Crippen LogP contribution in [0.1, 0.15) is 62.7 Å². The predicted molar refractivity (Wildman–Crippen MR) is 136 cm³/mol. The second-order valence-electron chi connectivity index (χ2n) is 10.3. The first-order valence-electron chi connectivity index (χ1n) is 13.2. The van der Waals surface area contributed by atoms with Crippen LogP contribution in [0.5, 0.6) is 0 Å². The molecule has 2 aliphatic heterocycles. The number of hydrogen-bond donors (Lipinski definition) is 1. The summed E-state index contributed by atoms with van der Waals surface area (Å²) in [7, 11) is -3.72. The predicted octanol–water partition coefficient (Wildman–Crippen LogP) is 2.80. The number of ether oxygens (including phenoxy) is 2. The number of benzene rings is 1. The van der Waals surface area contributed by atoms with E-state index in [1.54, 1.807) is 12.1 Å². The van der Waals surface area contributed by atoms with Gasteiger partial charge in [0.2, 0.25) is 10.0 Å². The van der Waals surface area contributed by atoms with E-state index in [9.17, 15) is 18.0 Å². The fraction of sp³-hybridized carbons (Fsp3) is 0.692. The summed E-state index contributed by atoms with van der Waals surface area (Å²) in [5.41, 5.74) is 0.749. The maximum absolute atomic E-state index is 13.3. The lowest BCUT2D eigenvalue weighted by molar-refractivity contribution is -0.125. The zero-order valence-corrected chi connectivity index (χ0v) is 22.2. The monoisotopic (exact) mass is 521 g/mol. The number of nitrogens with one attached hydrogen (secondary N) is 1. The van der Waals surface area contributed by atoms with Crippen LogP contribution in [0.3, 0.4) is 0 Å². The number of esters is 1. The topological polar surface area (TPSA) is 105 Å². The van der Waals surface area contributed by atoms with Crippen molar-refractivity contribution in [1.29, 1.82) is 0 Å². The van der Waals surface area contributed by atoms with Crippen LogP contribution in [-0.4, -0.2) is 76.6 Å². The van der Waals surface area contributed by atoms with E-state index in [-0.39, 0.29) is 22.4 Å². The van der Waals surface area contributed by atoms with Crippen LogP contribution in [0.4, 0.5) is 5.69 Å². The Balaban J connectivity index is 1.50. The maximum Gasteiger partial charge on any atom is 0.340 e. The first-order valence-corrected chi connectivity index (χ1v) is 14.6. The zero-order valence-electron chi connectivity index (χ0n) is 21.4. The van der Waals surface area contributed by atoms with E-state index in [2.05, 4.69) is 19.2 Å². The highest BCUT2D eigenvalue weighted by Crippen LogP contribution is 2.30. The number of hydrogen-bond acceptors (Lipinski definition) is 7. The zero-order chi connectivity index (χ0) is 25.7. The highest BCUT2D eigenvalue weighted by atomic mass is 32.2. The van der Waals surface area contributed by atoms with Gasteiger partial charge in [-0.25, -0.2) is 13.2 Å². The molecular formula is C26H39N3O6S. The van der Waals surface area contributed by atoms with Crippen LogP contribution < -0.4 is 10.2 Å². The Hall–Kier alpha value is -2.17. The molecule has 3 atom stereocenters. The van der Waals surface area contributed by atoms with Crippen LogP contribution in [-0.2, 0) is 24.3 Å². The van der Waals surface area contributed by atoms with Crippen LogP contribution in [0, 0.1) is 11.8 Å². The average molecular weight is 522 g/mol. The lowest BCUT2D eigenvalue weighted by Gasteiger charge is -2.34. The molecule has 9 nitrogen and oxygen atoms in total. The van der Waals surface area contributed by atoms with Gasteiger partial charge < -0.3 is 19.7 Å². The molecule has 36 heavy (non-hydrogen) atoms. The minimum atomic E-state index is -3.72. The third kappa shape index (κ3) is 6.20. The number of anilines is 1. The summed E-state index contributed by atoms with van der Waals surface area (Å²) in [6.45, 7) is 7.09. The lowest BCUT2D eigenvalue weighted by atomic mass is 9.78. The van der Waals surface area contributed by atoms with Crippen LogP contribution in [0.15, 0.2) is 23.1 Å². The summed E-state index contributed by atoms with van der Waals surface area (Å²) in [5, 5.41) is 3.02. The Morgan fingerprint density at radius 2 is 1.75 bits per heavy atom. The van der Waals surface area contributed by atoms with Gasteiger partial charge >= 0.3 is 5.97 Å². The van der Waals surface area contributed by atoms with Crippen LogP contribution in [0.25, 0.3) is 0 Å². The molecule has 1 aromatic rings. The van der Waals surface area contributed by atoms with E-state index in [1.165, 1.54) is 10.4 Å². The molecule has 3 aliphatic rings. The normalized spacial score (nSPS) is 25.8. The highest BCUT2D eigenvalue weighted by Gasteiger charge is 2.30. The van der Waals surface area contributed by atoms with Crippen molar-refractivity contribution in [2.45, 2.75) is 63.3 Å². The molecule has 1 amide bonds. The van der Waals surface area contributed by atoms with E-state index in [1.807, 2.05) is 4.90 Å². The second-order valence-corrected chi connectivity index (χ2v) is 12.2. The van der Waals surface area contributed by atoms with E-state index >= 15 is 0 Å². The Kier molecular flexibility index (Phi) is 8.90. The van der Waals surface area contributed by atoms with Gasteiger partial charge in [0.15, 0.2) is 6.61 Å². The molecule has 2 heterocycles. The van der Waals surface area contributed by atoms with Gasteiger partial charge in [-0.15, -0.1) is 0 Å². The minimum absolute atomic E-state index is 0.0712. The number of amides is 1. The van der Waals surface area contributed by atoms with Crippen molar-refractivity contribution < 1.29 is 27.5 Å². The van der Waals surface area contributed by atoms with Gasteiger partial charge in [0.05, 0.1) is 29.4 Å². The van der Waals surface area contributed by atoms with Gasteiger partial charge in [-0.3, -0.25) is 4.79 Å². The van der Waals surface area contributed by atoms with Gasteiger partial charge in [-0.1, -0.05) is 33.1 Å². The van der Waals surface area contributed by atoms with Gasteiger partial charge in [-0.05, 0) is 49.3 Å². The molecule has 0 spiro atoms. The lowest BCUT2D eigenvalue weighted by Crippen LogP contribution is -2.45. The summed E-state index contributed by atoms with van der Waals surface area (Å²) in [5.74, 6) is -0.137. The molecular weight excluding hydrogens is 482 g/mol. The van der Waals surface area contributed by atoms with E-state index in [0.29, 0.717) is 56.9 Å². The van der Waals surface area contributed by atoms with Crippen LogP contribution >= 0.6 is 0 Å². The summed E-state index contributed by atoms with van der Waals surface area (Å²) in [6, 6.07) is 4.70. The molecule has 1 N–H and O–H groups in total. The van der Waals surface area contributed by atoms with Crippen molar-refractivity contribution in [1.82, 2.24) is 9.62 Å². The Bertz CT molecular complexity index is 1030. The molecule has 10 heteroatoms. The second kappa shape index (κ2) is 11.9. The molecule has 0 unspecified atom stereocenters. The highest BCUT2D eigenvalue weighted by molar-refractivity contribution is 7.89. The molecule has 0 radical (unpaired) electrons. The molecule has 200 valence electrons. The molecule has 1 aromatic carbocycles. The van der Waals surface area contributed by atoms with Crippen LogP contribution in [0.2, 0.25) is 0 Å². The Morgan fingerprint density at radius 1 is 1.03 bits per heavy atom. The van der Waals surface area contributed by atoms with Crippen molar-refractivity contribution in [3.8, 4) is 0 Å². The fourth-order valence-corrected chi connectivity index (χ4v) is 6.96. The van der Waals surface area contributed by atoms with E-state index in [4.69, 9.17) is 9.47 Å².